The molecule has 8 nitrogen and oxygen atoms in total. The SMILES string of the molecule is COC(=O)c1ccccc1CNc1nc(F)nc2c1ncn2C1CCCCCO1. The van der Waals surface area contributed by atoms with Crippen LogP contribution in [0.5, 0.6) is 0 Å². The Kier molecular flexibility index (Phi) is 5.66. The van der Waals surface area contributed by atoms with Crippen LogP contribution in [0.2, 0.25) is 0 Å². The molecule has 0 saturated carbocycles. The van der Waals surface area contributed by atoms with Gasteiger partial charge >= 0.3 is 12.0 Å². The number of rotatable bonds is 5. The molecule has 1 aliphatic rings. The van der Waals surface area contributed by atoms with Crippen molar-refractivity contribution < 1.29 is 18.7 Å². The number of carbonyl (C=O) groups is 1. The largest absolute Gasteiger partial charge is 0.465 e. The van der Waals surface area contributed by atoms with Crippen LogP contribution in [0.3, 0.4) is 0 Å². The predicted molar refractivity (Wildman–Crippen MR) is 104 cm³/mol. The van der Waals surface area contributed by atoms with Crippen molar-refractivity contribution in [3.05, 3.63) is 47.8 Å². The number of benzene rings is 1. The Bertz CT molecular complexity index is 1010. The van der Waals surface area contributed by atoms with Crippen LogP contribution in [-0.2, 0) is 16.0 Å². The summed E-state index contributed by atoms with van der Waals surface area (Å²) >= 11 is 0. The van der Waals surface area contributed by atoms with Gasteiger partial charge < -0.3 is 14.8 Å². The molecule has 0 aliphatic carbocycles. The van der Waals surface area contributed by atoms with Crippen molar-refractivity contribution >= 4 is 23.0 Å². The maximum absolute atomic E-state index is 14.2. The van der Waals surface area contributed by atoms with Gasteiger partial charge in [-0.25, -0.2) is 9.78 Å². The molecule has 152 valence electrons. The van der Waals surface area contributed by atoms with E-state index in [0.29, 0.717) is 28.9 Å². The molecule has 3 aromatic rings. The molecule has 3 heterocycles. The van der Waals surface area contributed by atoms with Gasteiger partial charge in [0.2, 0.25) is 0 Å². The maximum Gasteiger partial charge on any atom is 0.338 e. The number of hydrogen-bond donors (Lipinski definition) is 1. The normalized spacial score (nSPS) is 17.1. The molecule has 0 radical (unpaired) electrons. The highest BCUT2D eigenvalue weighted by atomic mass is 19.1. The Labute approximate surface area is 167 Å². The zero-order valence-corrected chi connectivity index (χ0v) is 16.1. The number of hydrogen-bond acceptors (Lipinski definition) is 7. The number of aromatic nitrogens is 4. The summed E-state index contributed by atoms with van der Waals surface area (Å²) in [5.74, 6) is -0.171. The second kappa shape index (κ2) is 8.52. The number of ether oxygens (including phenoxy) is 2. The highest BCUT2D eigenvalue weighted by molar-refractivity contribution is 5.91. The molecule has 0 spiro atoms. The molecule has 1 aliphatic heterocycles. The quantitative estimate of drug-likeness (QED) is 0.519. The van der Waals surface area contributed by atoms with E-state index in [0.717, 1.165) is 25.7 Å². The minimum absolute atomic E-state index is 0.218. The average Bonchev–Trinajstić information content (AvgIpc) is 2.97. The fourth-order valence-electron chi connectivity index (χ4n) is 3.51. The van der Waals surface area contributed by atoms with Gasteiger partial charge in [-0.1, -0.05) is 24.6 Å². The third-order valence-electron chi connectivity index (χ3n) is 4.98. The molecule has 29 heavy (non-hydrogen) atoms. The van der Waals surface area contributed by atoms with Gasteiger partial charge in [0, 0.05) is 13.2 Å². The van der Waals surface area contributed by atoms with Crippen LogP contribution >= 0.6 is 0 Å². The molecule has 1 fully saturated rings. The molecule has 1 unspecified atom stereocenters. The van der Waals surface area contributed by atoms with Gasteiger partial charge in [0.25, 0.3) is 0 Å². The molecule has 0 amide bonds. The third-order valence-corrected chi connectivity index (χ3v) is 4.98. The minimum Gasteiger partial charge on any atom is -0.465 e. The van der Waals surface area contributed by atoms with E-state index in [1.165, 1.54) is 7.11 Å². The second-order valence-corrected chi connectivity index (χ2v) is 6.84. The second-order valence-electron chi connectivity index (χ2n) is 6.84. The number of nitrogens with zero attached hydrogens (tertiary/aromatic N) is 4. The lowest BCUT2D eigenvalue weighted by molar-refractivity contribution is 0.00928. The first-order valence-corrected chi connectivity index (χ1v) is 9.59. The number of nitrogens with one attached hydrogen (secondary N) is 1. The molecule has 1 aromatic carbocycles. The highest BCUT2D eigenvalue weighted by Gasteiger charge is 2.21. The first kappa shape index (κ1) is 19.3. The zero-order valence-electron chi connectivity index (χ0n) is 16.1. The van der Waals surface area contributed by atoms with E-state index in [1.807, 2.05) is 6.07 Å². The maximum atomic E-state index is 14.2. The number of imidazole rings is 1. The van der Waals surface area contributed by atoms with Gasteiger partial charge in [-0.05, 0) is 30.9 Å². The van der Waals surface area contributed by atoms with E-state index in [2.05, 4.69) is 20.3 Å². The molecule has 4 rings (SSSR count). The van der Waals surface area contributed by atoms with Crippen molar-refractivity contribution in [2.24, 2.45) is 0 Å². The van der Waals surface area contributed by atoms with E-state index >= 15 is 0 Å². The van der Waals surface area contributed by atoms with Crippen LogP contribution in [0.25, 0.3) is 11.2 Å². The lowest BCUT2D eigenvalue weighted by Crippen LogP contribution is -2.13. The molecule has 1 atom stereocenters. The minimum atomic E-state index is -0.850. The third kappa shape index (κ3) is 4.04. The van der Waals surface area contributed by atoms with Crippen molar-refractivity contribution in [2.75, 3.05) is 19.0 Å². The Morgan fingerprint density at radius 1 is 1.31 bits per heavy atom. The van der Waals surface area contributed by atoms with E-state index in [1.54, 1.807) is 29.1 Å². The molecule has 1 saturated heterocycles. The van der Waals surface area contributed by atoms with Crippen LogP contribution in [0.15, 0.2) is 30.6 Å². The van der Waals surface area contributed by atoms with E-state index in [4.69, 9.17) is 9.47 Å². The van der Waals surface area contributed by atoms with E-state index in [9.17, 15) is 9.18 Å². The highest BCUT2D eigenvalue weighted by Crippen LogP contribution is 2.27. The Morgan fingerprint density at radius 3 is 3.03 bits per heavy atom. The van der Waals surface area contributed by atoms with Crippen molar-refractivity contribution in [3.63, 3.8) is 0 Å². The van der Waals surface area contributed by atoms with Crippen LogP contribution in [0.4, 0.5) is 10.2 Å². The van der Waals surface area contributed by atoms with Gasteiger partial charge in [0.1, 0.15) is 6.23 Å². The van der Waals surface area contributed by atoms with Gasteiger partial charge in [-0.3, -0.25) is 4.57 Å². The summed E-state index contributed by atoms with van der Waals surface area (Å²) in [6.07, 6.45) is 4.53. The summed E-state index contributed by atoms with van der Waals surface area (Å²) in [6.45, 7) is 0.914. The number of halogens is 1. The van der Waals surface area contributed by atoms with Crippen molar-refractivity contribution in [1.82, 2.24) is 19.5 Å². The van der Waals surface area contributed by atoms with Crippen molar-refractivity contribution in [2.45, 2.75) is 38.5 Å². The predicted octanol–water partition coefficient (Wildman–Crippen LogP) is 3.45. The van der Waals surface area contributed by atoms with Crippen LogP contribution in [0.1, 0.15) is 47.8 Å². The van der Waals surface area contributed by atoms with E-state index < -0.39 is 12.0 Å². The lowest BCUT2D eigenvalue weighted by Gasteiger charge is -2.17. The average molecular weight is 399 g/mol. The summed E-state index contributed by atoms with van der Waals surface area (Å²) in [7, 11) is 1.33. The summed E-state index contributed by atoms with van der Waals surface area (Å²) in [5.41, 5.74) is 1.98. The summed E-state index contributed by atoms with van der Waals surface area (Å²) in [4.78, 5) is 24.2. The Morgan fingerprint density at radius 2 is 2.17 bits per heavy atom. The van der Waals surface area contributed by atoms with Crippen LogP contribution < -0.4 is 5.32 Å². The lowest BCUT2D eigenvalue weighted by atomic mass is 10.1. The standard InChI is InChI=1S/C20H22FN5O3/c1-28-19(27)14-8-5-4-7-13(14)11-22-17-16-18(25-20(21)24-17)26(12-23-16)15-9-3-2-6-10-29-15/h4-5,7-8,12,15H,2-3,6,9-11H2,1H3,(H,22,24,25). The number of carbonyl (C=O) groups excluding carboxylic acids is 1. The molecule has 2 aromatic heterocycles. The fourth-order valence-corrected chi connectivity index (χ4v) is 3.51. The molecule has 0 bridgehead atoms. The smallest absolute Gasteiger partial charge is 0.338 e. The summed E-state index contributed by atoms with van der Waals surface area (Å²) < 4.78 is 26.6. The fraction of sp³-hybridized carbons (Fsp3) is 0.400. The summed E-state index contributed by atoms with van der Waals surface area (Å²) in [5, 5.41) is 3.08. The van der Waals surface area contributed by atoms with E-state index in [-0.39, 0.29) is 18.6 Å². The number of anilines is 1. The Balaban J connectivity index is 1.63. The van der Waals surface area contributed by atoms with Gasteiger partial charge in [-0.15, -0.1) is 0 Å². The van der Waals surface area contributed by atoms with Crippen molar-refractivity contribution in [1.29, 1.82) is 0 Å². The van der Waals surface area contributed by atoms with Crippen LogP contribution in [0, 0.1) is 6.08 Å². The number of esters is 1. The van der Waals surface area contributed by atoms with Gasteiger partial charge in [0.05, 0.1) is 19.0 Å². The zero-order chi connectivity index (χ0) is 20.2. The molecular weight excluding hydrogens is 377 g/mol. The van der Waals surface area contributed by atoms with Crippen molar-refractivity contribution in [3.8, 4) is 0 Å². The van der Waals surface area contributed by atoms with Gasteiger partial charge in [-0.2, -0.15) is 14.4 Å². The molecular formula is C20H22FN5O3. The first-order chi connectivity index (χ1) is 14.2. The summed E-state index contributed by atoms with van der Waals surface area (Å²) in [6, 6.07) is 7.05. The number of methoxy groups -OCH3 is 1. The molecule has 1 N–H and O–H groups in total. The monoisotopic (exact) mass is 399 g/mol. The Hall–Kier alpha value is -3.07. The number of fused-ring (bicyclic) bond motifs is 1. The first-order valence-electron chi connectivity index (χ1n) is 9.59. The van der Waals surface area contributed by atoms with Gasteiger partial charge in [0.15, 0.2) is 17.0 Å². The molecule has 9 heteroatoms. The topological polar surface area (TPSA) is 91.2 Å². The van der Waals surface area contributed by atoms with Crippen LogP contribution in [-0.4, -0.2) is 39.2 Å².